The van der Waals surface area contributed by atoms with Crippen LogP contribution in [-0.2, 0) is 17.6 Å². The molecule has 1 N–H and O–H groups in total. The Morgan fingerprint density at radius 2 is 2.22 bits per heavy atom. The van der Waals surface area contributed by atoms with Crippen molar-refractivity contribution < 1.29 is 4.79 Å². The summed E-state index contributed by atoms with van der Waals surface area (Å²) in [5, 5.41) is 5.89. The van der Waals surface area contributed by atoms with Crippen LogP contribution in [0.4, 0.5) is 5.69 Å². The van der Waals surface area contributed by atoms with Crippen molar-refractivity contribution in [2.24, 2.45) is 0 Å². The zero-order valence-corrected chi connectivity index (χ0v) is 13.8. The van der Waals surface area contributed by atoms with Gasteiger partial charge in [0.1, 0.15) is 5.82 Å². The van der Waals surface area contributed by atoms with Crippen molar-refractivity contribution in [3.8, 4) is 5.82 Å². The zero-order chi connectivity index (χ0) is 16.2. The molecule has 0 bridgehead atoms. The third kappa shape index (κ3) is 3.45. The normalized spacial score (nSPS) is 10.7. The zero-order valence-electron chi connectivity index (χ0n) is 13.0. The van der Waals surface area contributed by atoms with E-state index in [0.29, 0.717) is 11.5 Å². The summed E-state index contributed by atoms with van der Waals surface area (Å²) in [5.74, 6) is 1.36. The molecule has 0 aliphatic heterocycles. The van der Waals surface area contributed by atoms with Crippen molar-refractivity contribution in [1.29, 1.82) is 0 Å². The Balaban J connectivity index is 1.78. The lowest BCUT2D eigenvalue weighted by Crippen LogP contribution is -2.17. The van der Waals surface area contributed by atoms with E-state index in [1.165, 1.54) is 0 Å². The van der Waals surface area contributed by atoms with Crippen molar-refractivity contribution in [3.63, 3.8) is 0 Å². The van der Waals surface area contributed by atoms with Gasteiger partial charge in [0.2, 0.25) is 5.91 Å². The van der Waals surface area contributed by atoms with Crippen molar-refractivity contribution in [1.82, 2.24) is 19.5 Å². The Morgan fingerprint density at radius 1 is 1.35 bits per heavy atom. The number of carbonyl (C=O) groups excluding carboxylic acids is 1. The van der Waals surface area contributed by atoms with Crippen LogP contribution in [0.25, 0.3) is 5.82 Å². The van der Waals surface area contributed by atoms with Gasteiger partial charge in [0.25, 0.3) is 0 Å². The Morgan fingerprint density at radius 3 is 2.91 bits per heavy atom. The fourth-order valence-corrected chi connectivity index (χ4v) is 2.98. The monoisotopic (exact) mass is 327 g/mol. The van der Waals surface area contributed by atoms with Crippen molar-refractivity contribution in [3.05, 3.63) is 52.6 Å². The maximum absolute atomic E-state index is 12.3. The highest BCUT2D eigenvalue weighted by molar-refractivity contribution is 7.09. The molecule has 3 aromatic heterocycles. The number of hydrogen-bond donors (Lipinski definition) is 1. The molecule has 3 aromatic rings. The SMILES string of the molecule is CCc1nc(CC(=O)Nc2cccnc2-n2ccnc2C)cs1. The number of nitrogens with one attached hydrogen (secondary N) is 1. The largest absolute Gasteiger partial charge is 0.323 e. The number of amides is 1. The van der Waals surface area contributed by atoms with Crippen LogP contribution in [0, 0.1) is 6.92 Å². The highest BCUT2D eigenvalue weighted by Crippen LogP contribution is 2.19. The number of nitrogens with zero attached hydrogens (tertiary/aromatic N) is 4. The van der Waals surface area contributed by atoms with E-state index in [2.05, 4.69) is 27.2 Å². The number of aromatic nitrogens is 4. The first-order chi connectivity index (χ1) is 11.2. The predicted octanol–water partition coefficient (Wildman–Crippen LogP) is 2.78. The fourth-order valence-electron chi connectivity index (χ4n) is 2.24. The molecule has 0 atom stereocenters. The molecule has 0 saturated heterocycles. The molecule has 0 aliphatic carbocycles. The van der Waals surface area contributed by atoms with Gasteiger partial charge in [0.05, 0.1) is 22.8 Å². The van der Waals surface area contributed by atoms with E-state index in [1.54, 1.807) is 29.8 Å². The lowest BCUT2D eigenvalue weighted by molar-refractivity contribution is -0.115. The molecule has 0 fully saturated rings. The van der Waals surface area contributed by atoms with Crippen LogP contribution in [0.1, 0.15) is 23.4 Å². The van der Waals surface area contributed by atoms with Gasteiger partial charge in [0, 0.05) is 24.0 Å². The van der Waals surface area contributed by atoms with Gasteiger partial charge in [-0.05, 0) is 25.5 Å². The van der Waals surface area contributed by atoms with E-state index in [-0.39, 0.29) is 12.3 Å². The van der Waals surface area contributed by atoms with Gasteiger partial charge in [-0.15, -0.1) is 11.3 Å². The predicted molar refractivity (Wildman–Crippen MR) is 89.9 cm³/mol. The van der Waals surface area contributed by atoms with Gasteiger partial charge < -0.3 is 5.32 Å². The number of thiazole rings is 1. The lowest BCUT2D eigenvalue weighted by atomic mass is 10.3. The van der Waals surface area contributed by atoms with E-state index in [1.807, 2.05) is 29.1 Å². The third-order valence-electron chi connectivity index (χ3n) is 3.36. The number of rotatable bonds is 5. The highest BCUT2D eigenvalue weighted by atomic mass is 32.1. The Labute approximate surface area is 138 Å². The smallest absolute Gasteiger partial charge is 0.230 e. The molecule has 0 unspecified atom stereocenters. The average Bonchev–Trinajstić information content (AvgIpc) is 3.16. The first-order valence-electron chi connectivity index (χ1n) is 7.36. The highest BCUT2D eigenvalue weighted by Gasteiger charge is 2.12. The summed E-state index contributed by atoms with van der Waals surface area (Å²) in [6.45, 7) is 3.94. The molecule has 0 radical (unpaired) electrons. The summed E-state index contributed by atoms with van der Waals surface area (Å²) in [7, 11) is 0. The molecule has 0 aromatic carbocycles. The molecule has 0 saturated carbocycles. The number of aryl methyl sites for hydroxylation is 2. The minimum absolute atomic E-state index is 0.107. The second-order valence-corrected chi connectivity index (χ2v) is 5.97. The molecule has 118 valence electrons. The first-order valence-corrected chi connectivity index (χ1v) is 8.23. The van der Waals surface area contributed by atoms with Crippen LogP contribution >= 0.6 is 11.3 Å². The quantitative estimate of drug-likeness (QED) is 0.782. The van der Waals surface area contributed by atoms with Gasteiger partial charge in [-0.1, -0.05) is 6.92 Å². The van der Waals surface area contributed by atoms with Crippen LogP contribution in [0.5, 0.6) is 0 Å². The van der Waals surface area contributed by atoms with Crippen LogP contribution in [0.2, 0.25) is 0 Å². The topological polar surface area (TPSA) is 72.7 Å². The van der Waals surface area contributed by atoms with Gasteiger partial charge >= 0.3 is 0 Å². The molecule has 3 heterocycles. The number of anilines is 1. The van der Waals surface area contributed by atoms with E-state index >= 15 is 0 Å². The van der Waals surface area contributed by atoms with Crippen LogP contribution in [-0.4, -0.2) is 25.4 Å². The summed E-state index contributed by atoms with van der Waals surface area (Å²) in [6.07, 6.45) is 6.36. The second kappa shape index (κ2) is 6.70. The number of pyridine rings is 1. The molecule has 7 heteroatoms. The molecule has 0 spiro atoms. The summed E-state index contributed by atoms with van der Waals surface area (Å²) >= 11 is 1.59. The van der Waals surface area contributed by atoms with E-state index < -0.39 is 0 Å². The van der Waals surface area contributed by atoms with Crippen LogP contribution in [0.3, 0.4) is 0 Å². The van der Waals surface area contributed by atoms with E-state index in [0.717, 1.165) is 22.9 Å². The minimum Gasteiger partial charge on any atom is -0.323 e. The fraction of sp³-hybridized carbons (Fsp3) is 0.250. The van der Waals surface area contributed by atoms with E-state index in [4.69, 9.17) is 0 Å². The molecule has 23 heavy (non-hydrogen) atoms. The maximum atomic E-state index is 12.3. The van der Waals surface area contributed by atoms with Crippen LogP contribution < -0.4 is 5.32 Å². The Hall–Kier alpha value is -2.54. The molecular weight excluding hydrogens is 310 g/mol. The number of hydrogen-bond acceptors (Lipinski definition) is 5. The summed E-state index contributed by atoms with van der Waals surface area (Å²) in [5.41, 5.74) is 1.46. The van der Waals surface area contributed by atoms with Gasteiger partial charge in [-0.25, -0.2) is 15.0 Å². The maximum Gasteiger partial charge on any atom is 0.230 e. The van der Waals surface area contributed by atoms with Crippen molar-refractivity contribution >= 4 is 22.9 Å². The average molecular weight is 327 g/mol. The van der Waals surface area contributed by atoms with Gasteiger partial charge in [0.15, 0.2) is 5.82 Å². The van der Waals surface area contributed by atoms with Crippen molar-refractivity contribution in [2.45, 2.75) is 26.7 Å². The molecule has 3 rings (SSSR count). The van der Waals surface area contributed by atoms with E-state index in [9.17, 15) is 4.79 Å². The summed E-state index contributed by atoms with van der Waals surface area (Å²) in [4.78, 5) is 25.3. The third-order valence-corrected chi connectivity index (χ3v) is 4.40. The standard InChI is InChI=1S/C16H17N5OS/c1-3-15-19-12(10-23-15)9-14(22)20-13-5-4-6-18-16(13)21-8-7-17-11(21)2/h4-8,10H,3,9H2,1-2H3,(H,20,22). The molecular formula is C16H17N5OS. The minimum atomic E-state index is -0.107. The van der Waals surface area contributed by atoms with Crippen molar-refractivity contribution in [2.75, 3.05) is 5.32 Å². The first kappa shape index (κ1) is 15.4. The lowest BCUT2D eigenvalue weighted by Gasteiger charge is -2.11. The van der Waals surface area contributed by atoms with Gasteiger partial charge in [-0.2, -0.15) is 0 Å². The number of carbonyl (C=O) groups is 1. The second-order valence-electron chi connectivity index (χ2n) is 5.03. The summed E-state index contributed by atoms with van der Waals surface area (Å²) in [6, 6.07) is 3.63. The van der Waals surface area contributed by atoms with Gasteiger partial charge in [-0.3, -0.25) is 9.36 Å². The van der Waals surface area contributed by atoms with Crippen LogP contribution in [0.15, 0.2) is 36.1 Å². The molecule has 1 amide bonds. The number of imidazole rings is 1. The Kier molecular flexibility index (Phi) is 4.47. The molecule has 0 aliphatic rings. The summed E-state index contributed by atoms with van der Waals surface area (Å²) < 4.78 is 1.84. The molecule has 6 nitrogen and oxygen atoms in total. The Bertz CT molecular complexity index is 823.